The van der Waals surface area contributed by atoms with Gasteiger partial charge in [-0.05, 0) is 26.2 Å². The van der Waals surface area contributed by atoms with Crippen molar-refractivity contribution in [2.75, 3.05) is 19.6 Å². The van der Waals surface area contributed by atoms with Gasteiger partial charge in [0.1, 0.15) is 0 Å². The van der Waals surface area contributed by atoms with Crippen molar-refractivity contribution >= 4 is 11.8 Å². The molecule has 1 aliphatic carbocycles. The third-order valence-corrected chi connectivity index (χ3v) is 5.30. The summed E-state index contributed by atoms with van der Waals surface area (Å²) in [6, 6.07) is 0.231. The van der Waals surface area contributed by atoms with E-state index < -0.39 is 0 Å². The van der Waals surface area contributed by atoms with Crippen molar-refractivity contribution in [3.05, 3.63) is 0 Å². The average Bonchev–Trinajstić information content (AvgIpc) is 2.94. The van der Waals surface area contributed by atoms with Crippen LogP contribution in [0.1, 0.15) is 39.0 Å². The zero-order chi connectivity index (χ0) is 13.6. The van der Waals surface area contributed by atoms with Crippen LogP contribution in [-0.4, -0.2) is 53.3 Å². The Kier molecular flexibility index (Phi) is 3.04. The molecule has 2 aliphatic heterocycles. The van der Waals surface area contributed by atoms with Gasteiger partial charge in [-0.15, -0.1) is 0 Å². The van der Waals surface area contributed by atoms with E-state index in [2.05, 4.69) is 0 Å². The Morgan fingerprint density at radius 3 is 2.84 bits per heavy atom. The highest BCUT2D eigenvalue weighted by molar-refractivity contribution is 5.84. The van der Waals surface area contributed by atoms with Crippen LogP contribution >= 0.6 is 0 Å². The topological polar surface area (TPSA) is 66.6 Å². The molecule has 2 heterocycles. The molecule has 106 valence electrons. The van der Waals surface area contributed by atoms with Gasteiger partial charge < -0.3 is 15.5 Å². The van der Waals surface area contributed by atoms with E-state index in [4.69, 9.17) is 5.73 Å². The largest absolute Gasteiger partial charge is 0.338 e. The molecule has 0 spiro atoms. The molecule has 0 aromatic rings. The van der Waals surface area contributed by atoms with Gasteiger partial charge in [0.15, 0.2) is 0 Å². The van der Waals surface area contributed by atoms with Crippen molar-refractivity contribution in [3.8, 4) is 0 Å². The van der Waals surface area contributed by atoms with E-state index in [1.165, 1.54) is 0 Å². The molecule has 1 saturated carbocycles. The number of hydrogen-bond acceptors (Lipinski definition) is 3. The molecule has 3 rings (SSSR count). The number of rotatable bonds is 1. The first-order chi connectivity index (χ1) is 9.02. The predicted octanol–water partition coefficient (Wildman–Crippen LogP) is 0.337. The van der Waals surface area contributed by atoms with Crippen LogP contribution in [0.2, 0.25) is 0 Å². The molecule has 5 heteroatoms. The fraction of sp³-hybridized carbons (Fsp3) is 0.857. The molecule has 2 saturated heterocycles. The van der Waals surface area contributed by atoms with Gasteiger partial charge in [0, 0.05) is 38.1 Å². The zero-order valence-corrected chi connectivity index (χ0v) is 11.6. The van der Waals surface area contributed by atoms with E-state index >= 15 is 0 Å². The second-order valence-corrected chi connectivity index (χ2v) is 6.45. The van der Waals surface area contributed by atoms with Gasteiger partial charge in [0.05, 0.1) is 5.41 Å². The number of nitrogens with zero attached hydrogens (tertiary/aromatic N) is 2. The number of hydrogen-bond donors (Lipinski definition) is 1. The minimum atomic E-state index is -0.384. The SMILES string of the molecule is CC1(C(=O)N2CCN3C(=O)CCC3C2)CCCC1N. The van der Waals surface area contributed by atoms with Crippen molar-refractivity contribution in [2.24, 2.45) is 11.1 Å². The predicted molar refractivity (Wildman–Crippen MR) is 71.2 cm³/mol. The van der Waals surface area contributed by atoms with Crippen LogP contribution in [0.25, 0.3) is 0 Å². The Balaban J connectivity index is 1.70. The smallest absolute Gasteiger partial charge is 0.230 e. The summed E-state index contributed by atoms with van der Waals surface area (Å²) >= 11 is 0. The summed E-state index contributed by atoms with van der Waals surface area (Å²) in [6.45, 7) is 4.08. The molecule has 3 atom stereocenters. The maximum absolute atomic E-state index is 12.7. The number of amides is 2. The Bertz CT molecular complexity index is 411. The number of carbonyl (C=O) groups is 2. The molecule has 19 heavy (non-hydrogen) atoms. The summed E-state index contributed by atoms with van der Waals surface area (Å²) in [7, 11) is 0. The molecular weight excluding hydrogens is 242 g/mol. The Labute approximate surface area is 114 Å². The van der Waals surface area contributed by atoms with Crippen LogP contribution in [0.15, 0.2) is 0 Å². The van der Waals surface area contributed by atoms with Gasteiger partial charge in [-0.3, -0.25) is 9.59 Å². The number of nitrogens with two attached hydrogens (primary N) is 1. The van der Waals surface area contributed by atoms with Crippen LogP contribution in [0.3, 0.4) is 0 Å². The van der Waals surface area contributed by atoms with Crippen LogP contribution in [0.4, 0.5) is 0 Å². The highest BCUT2D eigenvalue weighted by atomic mass is 16.2. The number of piperazine rings is 1. The van der Waals surface area contributed by atoms with Gasteiger partial charge in [-0.2, -0.15) is 0 Å². The fourth-order valence-corrected chi connectivity index (χ4v) is 3.87. The summed E-state index contributed by atoms with van der Waals surface area (Å²) in [5.74, 6) is 0.456. The van der Waals surface area contributed by atoms with Gasteiger partial charge in [-0.25, -0.2) is 0 Å². The second-order valence-electron chi connectivity index (χ2n) is 6.45. The zero-order valence-electron chi connectivity index (χ0n) is 11.6. The van der Waals surface area contributed by atoms with Gasteiger partial charge >= 0.3 is 0 Å². The lowest BCUT2D eigenvalue weighted by atomic mass is 9.83. The summed E-state index contributed by atoms with van der Waals surface area (Å²) in [4.78, 5) is 28.3. The fourth-order valence-electron chi connectivity index (χ4n) is 3.87. The van der Waals surface area contributed by atoms with Crippen LogP contribution < -0.4 is 5.73 Å². The first-order valence-corrected chi connectivity index (χ1v) is 7.37. The average molecular weight is 265 g/mol. The monoisotopic (exact) mass is 265 g/mol. The summed E-state index contributed by atoms with van der Waals surface area (Å²) in [5.41, 5.74) is 5.75. The van der Waals surface area contributed by atoms with Crippen molar-refractivity contribution < 1.29 is 9.59 Å². The van der Waals surface area contributed by atoms with E-state index in [0.29, 0.717) is 26.1 Å². The third kappa shape index (κ3) is 1.95. The molecule has 5 nitrogen and oxygen atoms in total. The van der Waals surface area contributed by atoms with Crippen LogP contribution in [0.5, 0.6) is 0 Å². The molecule has 2 N–H and O–H groups in total. The van der Waals surface area contributed by atoms with Crippen molar-refractivity contribution in [1.29, 1.82) is 0 Å². The van der Waals surface area contributed by atoms with E-state index in [1.807, 2.05) is 16.7 Å². The molecule has 3 aliphatic rings. The molecule has 3 fully saturated rings. The number of fused-ring (bicyclic) bond motifs is 1. The standard InChI is InChI=1S/C14H23N3O2/c1-14(6-2-3-11(14)15)13(19)16-7-8-17-10(9-16)4-5-12(17)18/h10-11H,2-9,15H2,1H3. The van der Waals surface area contributed by atoms with E-state index in [-0.39, 0.29) is 29.3 Å². The van der Waals surface area contributed by atoms with Gasteiger partial charge in [0.25, 0.3) is 0 Å². The summed E-state index contributed by atoms with van der Waals surface area (Å²) in [6.07, 6.45) is 4.43. The molecule has 0 aromatic carbocycles. The van der Waals surface area contributed by atoms with Crippen LogP contribution in [-0.2, 0) is 9.59 Å². The van der Waals surface area contributed by atoms with E-state index in [9.17, 15) is 9.59 Å². The minimum absolute atomic E-state index is 0.0109. The Morgan fingerprint density at radius 2 is 2.16 bits per heavy atom. The lowest BCUT2D eigenvalue weighted by Gasteiger charge is -2.41. The van der Waals surface area contributed by atoms with Crippen LogP contribution in [0, 0.1) is 5.41 Å². The maximum atomic E-state index is 12.7. The molecule has 0 radical (unpaired) electrons. The summed E-state index contributed by atoms with van der Waals surface area (Å²) < 4.78 is 0. The quantitative estimate of drug-likeness (QED) is 0.743. The highest BCUT2D eigenvalue weighted by Crippen LogP contribution is 2.39. The number of carbonyl (C=O) groups excluding carboxylic acids is 2. The van der Waals surface area contributed by atoms with Crippen molar-refractivity contribution in [3.63, 3.8) is 0 Å². The molecule has 3 unspecified atom stereocenters. The maximum Gasteiger partial charge on any atom is 0.230 e. The first kappa shape index (κ1) is 12.9. The van der Waals surface area contributed by atoms with Gasteiger partial charge in [-0.1, -0.05) is 6.42 Å². The second kappa shape index (κ2) is 4.47. The Morgan fingerprint density at radius 1 is 1.37 bits per heavy atom. The highest BCUT2D eigenvalue weighted by Gasteiger charge is 2.47. The lowest BCUT2D eigenvalue weighted by molar-refractivity contribution is -0.147. The van der Waals surface area contributed by atoms with E-state index in [0.717, 1.165) is 25.7 Å². The van der Waals surface area contributed by atoms with Crippen molar-refractivity contribution in [1.82, 2.24) is 9.80 Å². The minimum Gasteiger partial charge on any atom is -0.338 e. The lowest BCUT2D eigenvalue weighted by Crippen LogP contribution is -2.58. The third-order valence-electron chi connectivity index (χ3n) is 5.30. The van der Waals surface area contributed by atoms with E-state index in [1.54, 1.807) is 0 Å². The normalized spacial score (nSPS) is 38.7. The molecular formula is C14H23N3O2. The molecule has 0 bridgehead atoms. The molecule has 2 amide bonds. The molecule has 0 aromatic heterocycles. The van der Waals surface area contributed by atoms with Crippen molar-refractivity contribution in [2.45, 2.75) is 51.1 Å². The van der Waals surface area contributed by atoms with Gasteiger partial charge in [0.2, 0.25) is 11.8 Å². The Hall–Kier alpha value is -1.10. The first-order valence-electron chi connectivity index (χ1n) is 7.37. The summed E-state index contributed by atoms with van der Waals surface area (Å²) in [5, 5.41) is 0.